The van der Waals surface area contributed by atoms with E-state index < -0.39 is 15.9 Å². The van der Waals surface area contributed by atoms with Crippen LogP contribution in [0.25, 0.3) is 11.0 Å². The van der Waals surface area contributed by atoms with Crippen LogP contribution in [-0.2, 0) is 10.3 Å². The molecule has 0 saturated heterocycles. The van der Waals surface area contributed by atoms with Crippen molar-refractivity contribution in [2.75, 3.05) is 0 Å². The zero-order chi connectivity index (χ0) is 12.6. The summed E-state index contributed by atoms with van der Waals surface area (Å²) in [5.74, 6) is 0.0666. The molecule has 0 aliphatic carbocycles. The lowest BCUT2D eigenvalue weighted by molar-refractivity contribution is 0.487. The van der Waals surface area contributed by atoms with Gasteiger partial charge < -0.3 is 8.60 Å². The molecule has 0 amide bonds. The second-order valence-electron chi connectivity index (χ2n) is 3.48. The minimum Gasteiger partial charge on any atom is -0.423 e. The number of rotatable bonds is 2. The Kier molecular flexibility index (Phi) is 2.64. The SMILES string of the molecule is Cc1cc(=O)oc2ccc(OS(N)(=O)=O)cc12. The molecule has 0 unspecified atom stereocenters. The Bertz CT molecular complexity index is 732. The first kappa shape index (κ1) is 11.6. The minimum absolute atomic E-state index is 0.0666. The third kappa shape index (κ3) is 2.63. The Labute approximate surface area is 96.9 Å². The summed E-state index contributed by atoms with van der Waals surface area (Å²) in [5, 5.41) is 5.34. The standard InChI is InChI=1S/C10H9NO5S/c1-6-4-10(12)15-9-3-2-7(5-8(6)9)16-17(11,13)14/h2-5H,1H3,(H2,11,13,14). The molecule has 7 heteroatoms. The molecular formula is C10H9NO5S. The maximum atomic E-state index is 11.1. The van der Waals surface area contributed by atoms with Crippen molar-refractivity contribution in [3.8, 4) is 5.75 Å². The van der Waals surface area contributed by atoms with Crippen LogP contribution in [0.4, 0.5) is 0 Å². The van der Waals surface area contributed by atoms with Gasteiger partial charge in [-0.15, -0.1) is 0 Å². The summed E-state index contributed by atoms with van der Waals surface area (Å²) >= 11 is 0. The molecule has 0 radical (unpaired) electrons. The molecule has 90 valence electrons. The lowest BCUT2D eigenvalue weighted by atomic mass is 10.1. The van der Waals surface area contributed by atoms with E-state index in [1.165, 1.54) is 24.3 Å². The molecule has 2 N–H and O–H groups in total. The van der Waals surface area contributed by atoms with Crippen molar-refractivity contribution in [1.82, 2.24) is 0 Å². The Balaban J connectivity index is 2.62. The number of hydrogen-bond donors (Lipinski definition) is 1. The number of nitrogens with two attached hydrogens (primary N) is 1. The molecule has 0 fully saturated rings. The van der Waals surface area contributed by atoms with E-state index in [0.717, 1.165) is 0 Å². The van der Waals surface area contributed by atoms with Crippen LogP contribution < -0.4 is 14.9 Å². The second kappa shape index (κ2) is 3.86. The fraction of sp³-hybridized carbons (Fsp3) is 0.100. The Hall–Kier alpha value is -1.86. The first-order chi connectivity index (χ1) is 7.85. The van der Waals surface area contributed by atoms with E-state index in [4.69, 9.17) is 9.56 Å². The summed E-state index contributed by atoms with van der Waals surface area (Å²) in [6, 6.07) is 5.56. The van der Waals surface area contributed by atoms with Crippen LogP contribution in [0, 0.1) is 6.92 Å². The van der Waals surface area contributed by atoms with E-state index in [1.807, 2.05) is 0 Å². The maximum absolute atomic E-state index is 11.1. The molecule has 6 nitrogen and oxygen atoms in total. The van der Waals surface area contributed by atoms with Crippen LogP contribution in [0.2, 0.25) is 0 Å². The zero-order valence-electron chi connectivity index (χ0n) is 8.84. The van der Waals surface area contributed by atoms with Crippen LogP contribution in [0.15, 0.2) is 33.5 Å². The molecule has 0 aliphatic heterocycles. The first-order valence-electron chi connectivity index (χ1n) is 4.62. The first-order valence-corrected chi connectivity index (χ1v) is 6.09. The van der Waals surface area contributed by atoms with Gasteiger partial charge in [0, 0.05) is 11.5 Å². The third-order valence-corrected chi connectivity index (χ3v) is 2.56. The van der Waals surface area contributed by atoms with Gasteiger partial charge in [-0.25, -0.2) is 4.79 Å². The lowest BCUT2D eigenvalue weighted by Crippen LogP contribution is -2.18. The van der Waals surface area contributed by atoms with Gasteiger partial charge in [0.15, 0.2) is 0 Å². The molecule has 0 bridgehead atoms. The maximum Gasteiger partial charge on any atom is 0.380 e. The Morgan fingerprint density at radius 2 is 2.00 bits per heavy atom. The van der Waals surface area contributed by atoms with Crippen molar-refractivity contribution in [1.29, 1.82) is 0 Å². The molecule has 0 saturated carbocycles. The van der Waals surface area contributed by atoms with Gasteiger partial charge in [0.05, 0.1) is 0 Å². The van der Waals surface area contributed by atoms with E-state index in [9.17, 15) is 13.2 Å². The fourth-order valence-corrected chi connectivity index (χ4v) is 1.86. The Morgan fingerprint density at radius 1 is 1.29 bits per heavy atom. The van der Waals surface area contributed by atoms with Gasteiger partial charge >= 0.3 is 15.9 Å². The van der Waals surface area contributed by atoms with E-state index in [-0.39, 0.29) is 5.75 Å². The highest BCUT2D eigenvalue weighted by Gasteiger charge is 2.08. The molecule has 0 aliphatic rings. The molecule has 0 atom stereocenters. The minimum atomic E-state index is -4.06. The molecule has 1 aromatic heterocycles. The quantitative estimate of drug-likeness (QED) is 0.795. The molecule has 2 aromatic rings. The molecule has 17 heavy (non-hydrogen) atoms. The highest BCUT2D eigenvalue weighted by molar-refractivity contribution is 7.84. The predicted molar refractivity (Wildman–Crippen MR) is 61.0 cm³/mol. The summed E-state index contributed by atoms with van der Waals surface area (Å²) in [7, 11) is -4.06. The third-order valence-electron chi connectivity index (χ3n) is 2.13. The summed E-state index contributed by atoms with van der Waals surface area (Å²) < 4.78 is 31.0. The number of hydrogen-bond acceptors (Lipinski definition) is 5. The monoisotopic (exact) mass is 255 g/mol. The average Bonchev–Trinajstić information content (AvgIpc) is 2.16. The Morgan fingerprint density at radius 3 is 2.65 bits per heavy atom. The smallest absolute Gasteiger partial charge is 0.380 e. The van der Waals surface area contributed by atoms with Crippen molar-refractivity contribution in [3.63, 3.8) is 0 Å². The van der Waals surface area contributed by atoms with Crippen molar-refractivity contribution in [3.05, 3.63) is 40.2 Å². The van der Waals surface area contributed by atoms with E-state index in [2.05, 4.69) is 4.18 Å². The number of fused-ring (bicyclic) bond motifs is 1. The van der Waals surface area contributed by atoms with Crippen molar-refractivity contribution in [2.45, 2.75) is 6.92 Å². The average molecular weight is 255 g/mol. The highest BCUT2D eigenvalue weighted by atomic mass is 32.2. The summed E-state index contributed by atoms with van der Waals surface area (Å²) in [6.45, 7) is 1.71. The number of benzene rings is 1. The topological polar surface area (TPSA) is 99.6 Å². The van der Waals surface area contributed by atoms with E-state index >= 15 is 0 Å². The van der Waals surface area contributed by atoms with Crippen LogP contribution >= 0.6 is 0 Å². The fourth-order valence-electron chi connectivity index (χ4n) is 1.48. The van der Waals surface area contributed by atoms with Gasteiger partial charge in [-0.05, 0) is 30.7 Å². The van der Waals surface area contributed by atoms with E-state index in [1.54, 1.807) is 6.92 Å². The van der Waals surface area contributed by atoms with Crippen LogP contribution in [0.3, 0.4) is 0 Å². The van der Waals surface area contributed by atoms with Crippen molar-refractivity contribution in [2.24, 2.45) is 5.14 Å². The summed E-state index contributed by atoms with van der Waals surface area (Å²) in [6.07, 6.45) is 0. The van der Waals surface area contributed by atoms with Crippen LogP contribution in [0.1, 0.15) is 5.56 Å². The molecule has 2 rings (SSSR count). The van der Waals surface area contributed by atoms with Gasteiger partial charge in [-0.3, -0.25) is 0 Å². The highest BCUT2D eigenvalue weighted by Crippen LogP contribution is 2.22. The van der Waals surface area contributed by atoms with Gasteiger partial charge in [-0.1, -0.05) is 0 Å². The van der Waals surface area contributed by atoms with E-state index in [0.29, 0.717) is 16.5 Å². The second-order valence-corrected chi connectivity index (χ2v) is 4.63. The molecule has 1 aromatic carbocycles. The normalized spacial score (nSPS) is 11.6. The van der Waals surface area contributed by atoms with Crippen molar-refractivity contribution >= 4 is 21.3 Å². The van der Waals surface area contributed by atoms with Gasteiger partial charge in [0.2, 0.25) is 0 Å². The summed E-state index contributed by atoms with van der Waals surface area (Å²) in [5.41, 5.74) is 0.558. The van der Waals surface area contributed by atoms with Crippen LogP contribution in [0.5, 0.6) is 5.75 Å². The summed E-state index contributed by atoms with van der Waals surface area (Å²) in [4.78, 5) is 11.1. The molecule has 0 spiro atoms. The van der Waals surface area contributed by atoms with Gasteiger partial charge in [0.25, 0.3) is 0 Å². The van der Waals surface area contributed by atoms with Crippen molar-refractivity contribution < 1.29 is 17.0 Å². The van der Waals surface area contributed by atoms with Gasteiger partial charge in [0.1, 0.15) is 11.3 Å². The largest absolute Gasteiger partial charge is 0.423 e. The molecule has 1 heterocycles. The predicted octanol–water partition coefficient (Wildman–Crippen LogP) is 0.684. The molecular weight excluding hydrogens is 246 g/mol. The van der Waals surface area contributed by atoms with Gasteiger partial charge in [-0.2, -0.15) is 13.6 Å². The lowest BCUT2D eigenvalue weighted by Gasteiger charge is -2.04. The number of aryl methyl sites for hydroxylation is 1. The zero-order valence-corrected chi connectivity index (χ0v) is 9.65. The van der Waals surface area contributed by atoms with Crippen LogP contribution in [-0.4, -0.2) is 8.42 Å².